The molecule has 1 saturated carbocycles. The van der Waals surface area contributed by atoms with Crippen LogP contribution in [0.25, 0.3) is 11.0 Å². The Morgan fingerprint density at radius 2 is 2.03 bits per heavy atom. The molecule has 1 aliphatic heterocycles. The fraction of sp³-hybridized carbons (Fsp3) is 0.696. The second-order valence-corrected chi connectivity index (χ2v) is 12.4. The minimum Gasteiger partial charge on any atom is -0.367 e. The molecule has 1 saturated heterocycles. The van der Waals surface area contributed by atoms with Gasteiger partial charge in [-0.3, -0.25) is 13.9 Å². The lowest BCUT2D eigenvalue weighted by molar-refractivity contribution is -0.128. The van der Waals surface area contributed by atoms with Crippen LogP contribution < -0.4 is 5.32 Å². The quantitative estimate of drug-likeness (QED) is 0.327. The first kappa shape index (κ1) is 26.5. The molecule has 0 bridgehead atoms. The van der Waals surface area contributed by atoms with E-state index in [9.17, 15) is 14.3 Å². The number of hydrogen-bond donors (Lipinski definition) is 2. The van der Waals surface area contributed by atoms with E-state index in [1.54, 1.807) is 20.8 Å². The largest absolute Gasteiger partial charge is 0.367 e. The fourth-order valence-electron chi connectivity index (χ4n) is 4.34. The molecule has 3 atom stereocenters. The Morgan fingerprint density at radius 1 is 1.29 bits per heavy atom. The smallest absolute Gasteiger partial charge is 0.353 e. The van der Waals surface area contributed by atoms with Gasteiger partial charge < -0.3 is 24.3 Å². The number of nitrogens with one attached hydrogen (secondary N) is 1. The number of fused-ring (bicyclic) bond motifs is 1. The van der Waals surface area contributed by atoms with Gasteiger partial charge in [-0.05, 0) is 43.4 Å². The predicted octanol–water partition coefficient (Wildman–Crippen LogP) is 4.91. The molecule has 0 aromatic carbocycles. The van der Waals surface area contributed by atoms with Crippen LogP contribution in [0.4, 0.5) is 5.82 Å². The van der Waals surface area contributed by atoms with E-state index in [4.69, 9.17) is 25.6 Å². The number of rotatable bonds is 10. The van der Waals surface area contributed by atoms with Crippen LogP contribution in [0, 0.1) is 5.41 Å². The summed E-state index contributed by atoms with van der Waals surface area (Å²) in [4.78, 5) is 30.7. The van der Waals surface area contributed by atoms with Crippen LogP contribution in [0.2, 0.25) is 5.28 Å². The van der Waals surface area contributed by atoms with Gasteiger partial charge in [-0.2, -0.15) is 4.98 Å². The highest BCUT2D eigenvalue weighted by atomic mass is 35.5. The predicted molar refractivity (Wildman–Crippen MR) is 133 cm³/mol. The van der Waals surface area contributed by atoms with Gasteiger partial charge in [0.15, 0.2) is 5.78 Å². The second-order valence-electron chi connectivity index (χ2n) is 10.3. The Kier molecular flexibility index (Phi) is 8.20. The first-order valence-electron chi connectivity index (χ1n) is 12.1. The molecule has 12 heteroatoms. The Hall–Kier alpha value is -1.55. The minimum atomic E-state index is -4.04. The molecule has 0 amide bonds. The van der Waals surface area contributed by atoms with Crippen molar-refractivity contribution >= 4 is 41.8 Å². The molecule has 3 heterocycles. The summed E-state index contributed by atoms with van der Waals surface area (Å²) in [5.74, 6) is 0.491. The second kappa shape index (κ2) is 10.8. The number of carbonyl (C=O) groups excluding carboxylic acids is 1. The normalized spacial score (nSPS) is 23.1. The molecule has 2 fully saturated rings. The van der Waals surface area contributed by atoms with E-state index >= 15 is 0 Å². The number of anilines is 1. The number of ketones is 1. The Morgan fingerprint density at radius 3 is 2.74 bits per heavy atom. The van der Waals surface area contributed by atoms with Crippen LogP contribution >= 0.6 is 19.2 Å². The molecule has 10 nitrogen and oxygen atoms in total. The van der Waals surface area contributed by atoms with Gasteiger partial charge in [0, 0.05) is 17.7 Å². The molecule has 1 unspecified atom stereocenters. The third-order valence-electron chi connectivity index (χ3n) is 6.43. The lowest BCUT2D eigenvalue weighted by Crippen LogP contribution is -2.25. The average Bonchev–Trinajstić information content (AvgIpc) is 3.52. The highest BCUT2D eigenvalue weighted by molar-refractivity contribution is 7.52. The maximum Gasteiger partial charge on any atom is 0.353 e. The number of hydrogen-bond acceptors (Lipinski definition) is 8. The minimum absolute atomic E-state index is 0.140. The summed E-state index contributed by atoms with van der Waals surface area (Å²) < 4.78 is 30.6. The number of Topliss-reactive ketones (excluding diaryl/α,β-unsaturated/α-hetero) is 1. The number of ether oxygens (including phenoxy) is 2. The van der Waals surface area contributed by atoms with Crippen molar-refractivity contribution in [1.82, 2.24) is 14.5 Å². The summed E-state index contributed by atoms with van der Waals surface area (Å²) in [6.07, 6.45) is 7.04. The third-order valence-corrected chi connectivity index (χ3v) is 7.64. The summed E-state index contributed by atoms with van der Waals surface area (Å²) in [6, 6.07) is 2.36. The molecule has 1 aliphatic carbocycles. The lowest BCUT2D eigenvalue weighted by Gasteiger charge is -2.19. The van der Waals surface area contributed by atoms with Crippen LogP contribution in [-0.2, 0) is 23.4 Å². The van der Waals surface area contributed by atoms with E-state index < -0.39 is 26.0 Å². The van der Waals surface area contributed by atoms with Gasteiger partial charge in [0.1, 0.15) is 30.6 Å². The summed E-state index contributed by atoms with van der Waals surface area (Å²) >= 11 is 6.24. The van der Waals surface area contributed by atoms with Crippen molar-refractivity contribution in [1.29, 1.82) is 0 Å². The summed E-state index contributed by atoms with van der Waals surface area (Å²) in [6.45, 7) is 4.90. The number of halogens is 1. The summed E-state index contributed by atoms with van der Waals surface area (Å²) in [5.41, 5.74) is 0.0624. The molecular weight excluding hydrogens is 495 g/mol. The fourth-order valence-corrected chi connectivity index (χ4v) is 5.23. The molecule has 2 aromatic rings. The van der Waals surface area contributed by atoms with Crippen LogP contribution in [-0.4, -0.2) is 56.9 Å². The summed E-state index contributed by atoms with van der Waals surface area (Å²) in [7, 11) is -4.04. The average molecular weight is 529 g/mol. The first-order valence-corrected chi connectivity index (χ1v) is 14.2. The van der Waals surface area contributed by atoms with Gasteiger partial charge in [0.25, 0.3) is 0 Å². The summed E-state index contributed by atoms with van der Waals surface area (Å²) in [5, 5.41) is 4.59. The number of aromatic nitrogens is 3. The molecule has 4 rings (SSSR count). The molecule has 2 aromatic heterocycles. The van der Waals surface area contributed by atoms with E-state index in [-0.39, 0.29) is 30.0 Å². The molecule has 194 valence electrons. The van der Waals surface area contributed by atoms with Gasteiger partial charge in [0.2, 0.25) is 5.28 Å². The highest BCUT2D eigenvalue weighted by Gasteiger charge is 2.31. The first-order chi connectivity index (χ1) is 16.5. The van der Waals surface area contributed by atoms with E-state index in [1.165, 1.54) is 12.8 Å². The molecule has 35 heavy (non-hydrogen) atoms. The van der Waals surface area contributed by atoms with Crippen molar-refractivity contribution in [2.75, 3.05) is 24.9 Å². The lowest BCUT2D eigenvalue weighted by atomic mass is 9.91. The molecule has 2 N–H and O–H groups in total. The standard InChI is InChI=1S/C23H34ClN4O6P/c1-23(2,3)18(29)13-33-35(30,31)14-32-12-16-8-9-19(34-16)28-11-10-17-20(25-15-6-4-5-7-15)26-22(24)27-21(17)28/h10-11,15-16,19H,4-9,12-14H2,1-3H3,(H,30,31)(H,25,26,27)/t16-,19+/m0/s1. The van der Waals surface area contributed by atoms with Crippen LogP contribution in [0.15, 0.2) is 12.3 Å². The maximum absolute atomic E-state index is 12.2. The van der Waals surface area contributed by atoms with E-state index in [0.717, 1.165) is 36.9 Å². The SMILES string of the molecule is CC(C)(C)C(=O)COP(=O)(O)COC[C@@H]1CC[C@H](n2ccc3c(NC4CCCC4)nc(Cl)nc32)O1. The van der Waals surface area contributed by atoms with Gasteiger partial charge in [-0.25, -0.2) is 4.98 Å². The maximum atomic E-state index is 12.2. The topological polar surface area (TPSA) is 125 Å². The van der Waals surface area contributed by atoms with Gasteiger partial charge >= 0.3 is 7.60 Å². The van der Waals surface area contributed by atoms with Crippen LogP contribution in [0.5, 0.6) is 0 Å². The Labute approximate surface area is 210 Å². The van der Waals surface area contributed by atoms with Crippen LogP contribution in [0.1, 0.15) is 65.5 Å². The van der Waals surface area contributed by atoms with Gasteiger partial charge in [0.05, 0.1) is 18.1 Å². The molecular formula is C23H34ClN4O6P. The van der Waals surface area contributed by atoms with E-state index in [2.05, 4.69) is 15.3 Å². The number of nitrogens with zero attached hydrogens (tertiary/aromatic N) is 3. The van der Waals surface area contributed by atoms with Crippen molar-refractivity contribution < 1.29 is 28.3 Å². The molecule has 2 aliphatic rings. The zero-order valence-corrected chi connectivity index (χ0v) is 22.1. The van der Waals surface area contributed by atoms with Gasteiger partial charge in [-0.15, -0.1) is 0 Å². The highest BCUT2D eigenvalue weighted by Crippen LogP contribution is 2.42. The zero-order chi connectivity index (χ0) is 25.2. The van der Waals surface area contributed by atoms with Crippen molar-refractivity contribution in [3.8, 4) is 0 Å². The zero-order valence-electron chi connectivity index (χ0n) is 20.4. The third kappa shape index (κ3) is 6.81. The Bertz CT molecular complexity index is 1100. The van der Waals surface area contributed by atoms with E-state index in [1.807, 2.05) is 16.8 Å². The molecule has 0 radical (unpaired) electrons. The Balaban J connectivity index is 1.31. The van der Waals surface area contributed by atoms with Crippen molar-refractivity contribution in [3.63, 3.8) is 0 Å². The van der Waals surface area contributed by atoms with Gasteiger partial charge in [-0.1, -0.05) is 33.6 Å². The van der Waals surface area contributed by atoms with Crippen LogP contribution in [0.3, 0.4) is 0 Å². The van der Waals surface area contributed by atoms with E-state index in [0.29, 0.717) is 11.7 Å². The van der Waals surface area contributed by atoms with Crippen molar-refractivity contribution in [3.05, 3.63) is 17.5 Å². The number of carbonyl (C=O) groups is 1. The van der Waals surface area contributed by atoms with Crippen molar-refractivity contribution in [2.45, 2.75) is 77.7 Å². The molecule has 0 spiro atoms. The van der Waals surface area contributed by atoms with Crippen molar-refractivity contribution in [2.24, 2.45) is 5.41 Å². The monoisotopic (exact) mass is 528 g/mol.